The lowest BCUT2D eigenvalue weighted by atomic mass is 10.3. The van der Waals surface area contributed by atoms with Crippen LogP contribution in [0.5, 0.6) is 0 Å². The topological polar surface area (TPSA) is 84.6 Å². The molecule has 1 aromatic rings. The van der Waals surface area contributed by atoms with Gasteiger partial charge in [-0.15, -0.1) is 0 Å². The molecule has 0 saturated heterocycles. The van der Waals surface area contributed by atoms with E-state index in [9.17, 15) is 4.79 Å². The van der Waals surface area contributed by atoms with Gasteiger partial charge in [-0.05, 0) is 18.2 Å². The maximum atomic E-state index is 11.4. The van der Waals surface area contributed by atoms with Crippen molar-refractivity contribution in [1.82, 2.24) is 0 Å². The summed E-state index contributed by atoms with van der Waals surface area (Å²) in [4.78, 5) is 11.4. The smallest absolute Gasteiger partial charge is 0.226 e. The highest BCUT2D eigenvalue weighted by molar-refractivity contribution is 5.91. The second-order valence-corrected chi connectivity index (χ2v) is 3.26. The molecule has 0 aliphatic rings. The van der Waals surface area contributed by atoms with E-state index >= 15 is 0 Å². The Balaban J connectivity index is 2.29. The molecule has 0 spiro atoms. The summed E-state index contributed by atoms with van der Waals surface area (Å²) in [6.07, 6.45) is 0.259. The number of hydrogen-bond acceptors (Lipinski definition) is 4. The van der Waals surface area contributed by atoms with Crippen LogP contribution in [0.4, 0.5) is 11.4 Å². The zero-order valence-electron chi connectivity index (χ0n) is 8.98. The second-order valence-electron chi connectivity index (χ2n) is 3.26. The van der Waals surface area contributed by atoms with Gasteiger partial charge in [0.05, 0.1) is 26.2 Å². The molecule has 5 nitrogen and oxygen atoms in total. The number of rotatable bonds is 6. The third-order valence-corrected chi connectivity index (χ3v) is 1.88. The van der Waals surface area contributed by atoms with E-state index in [1.807, 2.05) is 0 Å². The first kappa shape index (κ1) is 12.5. The molecule has 0 heterocycles. The van der Waals surface area contributed by atoms with Gasteiger partial charge >= 0.3 is 0 Å². The standard InChI is InChI=1S/C11H16N2O3/c12-9-2-1-3-10(8-9)13-11(15)4-6-16-7-5-14/h1-3,8,14H,4-7,12H2,(H,13,15). The van der Waals surface area contributed by atoms with Crippen LogP contribution >= 0.6 is 0 Å². The van der Waals surface area contributed by atoms with Crippen LogP contribution < -0.4 is 11.1 Å². The summed E-state index contributed by atoms with van der Waals surface area (Å²) in [5.41, 5.74) is 6.85. The van der Waals surface area contributed by atoms with Gasteiger partial charge < -0.3 is 20.9 Å². The lowest BCUT2D eigenvalue weighted by Crippen LogP contribution is -2.15. The Labute approximate surface area is 94.2 Å². The van der Waals surface area contributed by atoms with E-state index in [0.717, 1.165) is 0 Å². The normalized spacial score (nSPS) is 10.1. The molecule has 0 fully saturated rings. The van der Waals surface area contributed by atoms with Crippen LogP contribution in [0.1, 0.15) is 6.42 Å². The van der Waals surface area contributed by atoms with Gasteiger partial charge in [-0.25, -0.2) is 0 Å². The van der Waals surface area contributed by atoms with Gasteiger partial charge in [0.15, 0.2) is 0 Å². The summed E-state index contributed by atoms with van der Waals surface area (Å²) in [6.45, 7) is 0.525. The predicted molar refractivity (Wildman–Crippen MR) is 62.0 cm³/mol. The van der Waals surface area contributed by atoms with Crippen LogP contribution in [0.2, 0.25) is 0 Å². The van der Waals surface area contributed by atoms with Gasteiger partial charge in [-0.2, -0.15) is 0 Å². The minimum Gasteiger partial charge on any atom is -0.399 e. The van der Waals surface area contributed by atoms with Gasteiger partial charge in [0.2, 0.25) is 5.91 Å². The Morgan fingerprint density at radius 1 is 1.44 bits per heavy atom. The Morgan fingerprint density at radius 2 is 2.25 bits per heavy atom. The Hall–Kier alpha value is -1.59. The first-order valence-corrected chi connectivity index (χ1v) is 5.06. The fourth-order valence-corrected chi connectivity index (χ4v) is 1.17. The molecular formula is C11H16N2O3. The summed E-state index contributed by atoms with van der Waals surface area (Å²) in [5.74, 6) is -0.136. The molecule has 4 N–H and O–H groups in total. The van der Waals surface area contributed by atoms with E-state index in [4.69, 9.17) is 15.6 Å². The van der Waals surface area contributed by atoms with Gasteiger partial charge in [-0.3, -0.25) is 4.79 Å². The number of nitrogen functional groups attached to an aromatic ring is 1. The highest BCUT2D eigenvalue weighted by Crippen LogP contribution is 2.11. The van der Waals surface area contributed by atoms with E-state index in [1.54, 1.807) is 24.3 Å². The number of nitrogens with one attached hydrogen (secondary N) is 1. The molecular weight excluding hydrogens is 208 g/mol. The summed E-state index contributed by atoms with van der Waals surface area (Å²) in [6, 6.07) is 6.97. The average molecular weight is 224 g/mol. The zero-order chi connectivity index (χ0) is 11.8. The number of carbonyl (C=O) groups excluding carboxylic acids is 1. The number of ether oxygens (including phenoxy) is 1. The SMILES string of the molecule is Nc1cccc(NC(=O)CCOCCO)c1. The van der Waals surface area contributed by atoms with E-state index in [-0.39, 0.29) is 25.5 Å². The third kappa shape index (κ3) is 4.77. The van der Waals surface area contributed by atoms with Crippen molar-refractivity contribution in [3.8, 4) is 0 Å². The van der Waals surface area contributed by atoms with Gasteiger partial charge in [0, 0.05) is 11.4 Å². The van der Waals surface area contributed by atoms with Crippen molar-refractivity contribution in [2.75, 3.05) is 30.9 Å². The van der Waals surface area contributed by atoms with Gasteiger partial charge in [-0.1, -0.05) is 6.07 Å². The van der Waals surface area contributed by atoms with Crippen LogP contribution in [-0.4, -0.2) is 30.8 Å². The highest BCUT2D eigenvalue weighted by atomic mass is 16.5. The van der Waals surface area contributed by atoms with E-state index < -0.39 is 0 Å². The molecule has 1 rings (SSSR count). The fourth-order valence-electron chi connectivity index (χ4n) is 1.17. The van der Waals surface area contributed by atoms with Crippen LogP contribution in [0.15, 0.2) is 24.3 Å². The van der Waals surface area contributed by atoms with Crippen LogP contribution in [0, 0.1) is 0 Å². The quantitative estimate of drug-likeness (QED) is 0.488. The highest BCUT2D eigenvalue weighted by Gasteiger charge is 2.02. The first-order valence-electron chi connectivity index (χ1n) is 5.06. The predicted octanol–water partition coefficient (Wildman–Crippen LogP) is 0.606. The molecule has 5 heteroatoms. The minimum atomic E-state index is -0.136. The number of benzene rings is 1. The molecule has 16 heavy (non-hydrogen) atoms. The van der Waals surface area contributed by atoms with Crippen LogP contribution in [-0.2, 0) is 9.53 Å². The lowest BCUT2D eigenvalue weighted by Gasteiger charge is -2.06. The summed E-state index contributed by atoms with van der Waals surface area (Å²) in [5, 5.41) is 11.2. The van der Waals surface area contributed by atoms with Crippen molar-refractivity contribution in [3.63, 3.8) is 0 Å². The molecule has 0 aromatic heterocycles. The zero-order valence-corrected chi connectivity index (χ0v) is 8.98. The second kappa shape index (κ2) is 6.81. The average Bonchev–Trinajstić information content (AvgIpc) is 2.24. The lowest BCUT2D eigenvalue weighted by molar-refractivity contribution is -0.117. The molecule has 0 saturated carbocycles. The number of carbonyl (C=O) groups is 1. The van der Waals surface area contributed by atoms with Crippen molar-refractivity contribution in [3.05, 3.63) is 24.3 Å². The molecule has 0 radical (unpaired) electrons. The molecule has 1 aromatic carbocycles. The number of amides is 1. The maximum absolute atomic E-state index is 11.4. The number of aliphatic hydroxyl groups excluding tert-OH is 1. The van der Waals surface area contributed by atoms with Crippen molar-refractivity contribution >= 4 is 17.3 Å². The number of anilines is 2. The number of aliphatic hydroxyl groups is 1. The van der Waals surface area contributed by atoms with Crippen molar-refractivity contribution in [2.24, 2.45) is 0 Å². The van der Waals surface area contributed by atoms with E-state index in [2.05, 4.69) is 5.32 Å². The molecule has 0 atom stereocenters. The molecule has 88 valence electrons. The summed E-state index contributed by atoms with van der Waals surface area (Å²) < 4.78 is 4.98. The van der Waals surface area contributed by atoms with Crippen molar-refractivity contribution < 1.29 is 14.6 Å². The fraction of sp³-hybridized carbons (Fsp3) is 0.364. The van der Waals surface area contributed by atoms with Crippen molar-refractivity contribution in [1.29, 1.82) is 0 Å². The maximum Gasteiger partial charge on any atom is 0.226 e. The summed E-state index contributed by atoms with van der Waals surface area (Å²) in [7, 11) is 0. The Bertz CT molecular complexity index is 342. The molecule has 0 aliphatic carbocycles. The largest absolute Gasteiger partial charge is 0.399 e. The monoisotopic (exact) mass is 224 g/mol. The minimum absolute atomic E-state index is 0.0309. The molecule has 1 amide bonds. The van der Waals surface area contributed by atoms with Crippen molar-refractivity contribution in [2.45, 2.75) is 6.42 Å². The van der Waals surface area contributed by atoms with Crippen LogP contribution in [0.25, 0.3) is 0 Å². The number of hydrogen-bond donors (Lipinski definition) is 3. The van der Waals surface area contributed by atoms with E-state index in [1.165, 1.54) is 0 Å². The molecule has 0 bridgehead atoms. The van der Waals surface area contributed by atoms with Gasteiger partial charge in [0.25, 0.3) is 0 Å². The van der Waals surface area contributed by atoms with Crippen LogP contribution in [0.3, 0.4) is 0 Å². The van der Waals surface area contributed by atoms with E-state index in [0.29, 0.717) is 18.0 Å². The molecule has 0 aliphatic heterocycles. The third-order valence-electron chi connectivity index (χ3n) is 1.88. The van der Waals surface area contributed by atoms with Gasteiger partial charge in [0.1, 0.15) is 0 Å². The Morgan fingerprint density at radius 3 is 2.94 bits per heavy atom. The number of nitrogens with two attached hydrogens (primary N) is 1. The summed E-state index contributed by atoms with van der Waals surface area (Å²) >= 11 is 0. The Kier molecular flexibility index (Phi) is 5.31. The first-order chi connectivity index (χ1) is 7.72. The molecule has 0 unspecified atom stereocenters.